The average molecular weight is 286 g/mol. The predicted molar refractivity (Wildman–Crippen MR) is 71.3 cm³/mol. The molecule has 1 N–H and O–H groups in total. The Morgan fingerprint density at radius 2 is 2.11 bits per heavy atom. The number of aryl methyl sites for hydroxylation is 2. The molecule has 1 heterocycles. The lowest BCUT2D eigenvalue weighted by molar-refractivity contribution is 0.510. The zero-order valence-corrected chi connectivity index (χ0v) is 11.4. The third-order valence-corrected chi connectivity index (χ3v) is 3.34. The molecule has 0 aliphatic heterocycles. The quantitative estimate of drug-likeness (QED) is 0.927. The second kappa shape index (κ2) is 5.57. The highest BCUT2D eigenvalue weighted by atomic mass is 35.5. The molecule has 1 aromatic heterocycles. The van der Waals surface area contributed by atoms with Crippen molar-refractivity contribution in [3.63, 3.8) is 0 Å². The van der Waals surface area contributed by atoms with Gasteiger partial charge < -0.3 is 5.32 Å². The molecule has 2 aromatic rings. The van der Waals surface area contributed by atoms with Gasteiger partial charge in [0, 0.05) is 6.54 Å². The summed E-state index contributed by atoms with van der Waals surface area (Å²) in [7, 11) is 0. The van der Waals surface area contributed by atoms with Crippen LogP contribution in [0.25, 0.3) is 0 Å². The Kier molecular flexibility index (Phi) is 4.04. The topological polar surface area (TPSA) is 29.9 Å². The molecule has 0 saturated carbocycles. The van der Waals surface area contributed by atoms with Gasteiger partial charge in [-0.3, -0.25) is 4.68 Å². The van der Waals surface area contributed by atoms with Crippen LogP contribution in [0.15, 0.2) is 18.2 Å². The van der Waals surface area contributed by atoms with Crippen LogP contribution in [0.4, 0.5) is 14.5 Å². The number of rotatable bonds is 4. The zero-order valence-electron chi connectivity index (χ0n) is 10.7. The number of hydrogen-bond acceptors (Lipinski definition) is 2. The highest BCUT2D eigenvalue weighted by molar-refractivity contribution is 6.31. The van der Waals surface area contributed by atoms with Crippen LogP contribution in [0.2, 0.25) is 5.02 Å². The van der Waals surface area contributed by atoms with Gasteiger partial charge in [-0.05, 0) is 26.0 Å². The molecule has 1 aromatic carbocycles. The molecule has 0 fully saturated rings. The Bertz CT molecular complexity index is 596. The summed E-state index contributed by atoms with van der Waals surface area (Å²) in [6.45, 7) is 4.69. The lowest BCUT2D eigenvalue weighted by Gasteiger charge is -2.09. The summed E-state index contributed by atoms with van der Waals surface area (Å²) >= 11 is 6.14. The lowest BCUT2D eigenvalue weighted by Crippen LogP contribution is -2.09. The molecule has 0 bridgehead atoms. The van der Waals surface area contributed by atoms with E-state index in [2.05, 4.69) is 10.4 Å². The van der Waals surface area contributed by atoms with Gasteiger partial charge in [0.15, 0.2) is 11.6 Å². The van der Waals surface area contributed by atoms with Gasteiger partial charge in [0.1, 0.15) is 0 Å². The van der Waals surface area contributed by atoms with Gasteiger partial charge >= 0.3 is 0 Å². The van der Waals surface area contributed by atoms with Crippen LogP contribution < -0.4 is 5.32 Å². The monoisotopic (exact) mass is 285 g/mol. The zero-order chi connectivity index (χ0) is 14.0. The summed E-state index contributed by atoms with van der Waals surface area (Å²) in [5.74, 6) is -1.77. The van der Waals surface area contributed by atoms with Crippen molar-refractivity contribution in [3.8, 4) is 0 Å². The Labute approximate surface area is 115 Å². The first kappa shape index (κ1) is 13.8. The van der Waals surface area contributed by atoms with Crippen molar-refractivity contribution in [3.05, 3.63) is 46.2 Å². The highest BCUT2D eigenvalue weighted by Gasteiger charge is 2.13. The molecule has 0 aliphatic carbocycles. The first-order valence-electron chi connectivity index (χ1n) is 5.94. The van der Waals surface area contributed by atoms with E-state index < -0.39 is 11.6 Å². The van der Waals surface area contributed by atoms with E-state index >= 15 is 0 Å². The molecule has 19 heavy (non-hydrogen) atoms. The van der Waals surface area contributed by atoms with Crippen LogP contribution in [-0.4, -0.2) is 9.78 Å². The van der Waals surface area contributed by atoms with E-state index in [0.29, 0.717) is 11.6 Å². The molecular formula is C13H14ClF2N3. The number of anilines is 1. The second-order valence-corrected chi connectivity index (χ2v) is 4.49. The maximum Gasteiger partial charge on any atom is 0.181 e. The third kappa shape index (κ3) is 2.71. The molecule has 0 unspecified atom stereocenters. The van der Waals surface area contributed by atoms with Crippen LogP contribution in [0.3, 0.4) is 0 Å². The summed E-state index contributed by atoms with van der Waals surface area (Å²) in [6.07, 6.45) is 0. The van der Waals surface area contributed by atoms with Gasteiger partial charge in [0.25, 0.3) is 0 Å². The number of halogens is 3. The summed E-state index contributed by atoms with van der Waals surface area (Å²) in [5, 5.41) is 7.64. The van der Waals surface area contributed by atoms with Crippen LogP contribution in [0.5, 0.6) is 0 Å². The first-order chi connectivity index (χ1) is 9.04. The molecule has 0 spiro atoms. The van der Waals surface area contributed by atoms with Crippen molar-refractivity contribution in [2.45, 2.75) is 26.9 Å². The van der Waals surface area contributed by atoms with Gasteiger partial charge in [0.2, 0.25) is 0 Å². The van der Waals surface area contributed by atoms with E-state index in [9.17, 15) is 8.78 Å². The number of aromatic nitrogens is 2. The van der Waals surface area contributed by atoms with E-state index in [0.717, 1.165) is 17.5 Å². The normalized spacial score (nSPS) is 10.8. The number of nitrogens with one attached hydrogen (secondary N) is 1. The summed E-state index contributed by atoms with van der Waals surface area (Å²) in [6, 6.07) is 4.00. The molecule has 102 valence electrons. The van der Waals surface area contributed by atoms with E-state index in [4.69, 9.17) is 11.6 Å². The molecule has 3 nitrogen and oxygen atoms in total. The summed E-state index contributed by atoms with van der Waals surface area (Å²) in [4.78, 5) is 0. The molecule has 0 atom stereocenters. The molecule has 2 rings (SSSR count). The Hall–Kier alpha value is -1.62. The SMILES string of the molecule is CCn1nc(C)c(Cl)c1CNc1cccc(F)c1F. The van der Waals surface area contributed by atoms with Crippen molar-refractivity contribution in [2.75, 3.05) is 5.32 Å². The summed E-state index contributed by atoms with van der Waals surface area (Å²) < 4.78 is 28.3. The van der Waals surface area contributed by atoms with Gasteiger partial charge in [0.05, 0.1) is 28.6 Å². The van der Waals surface area contributed by atoms with Crippen molar-refractivity contribution in [2.24, 2.45) is 0 Å². The summed E-state index contributed by atoms with van der Waals surface area (Å²) in [5.41, 5.74) is 1.59. The predicted octanol–water partition coefficient (Wildman–Crippen LogP) is 3.76. The molecule has 0 aliphatic rings. The van der Waals surface area contributed by atoms with Crippen LogP contribution in [-0.2, 0) is 13.1 Å². The molecule has 0 radical (unpaired) electrons. The largest absolute Gasteiger partial charge is 0.377 e. The fourth-order valence-electron chi connectivity index (χ4n) is 1.86. The van der Waals surface area contributed by atoms with Crippen molar-refractivity contribution < 1.29 is 8.78 Å². The number of hydrogen-bond donors (Lipinski definition) is 1. The standard InChI is InChI=1S/C13H14ClF2N3/c1-3-19-11(12(14)8(2)18-19)7-17-10-6-4-5-9(15)13(10)16/h4-6,17H,3,7H2,1-2H3. The minimum absolute atomic E-state index is 0.109. The Morgan fingerprint density at radius 1 is 1.37 bits per heavy atom. The van der Waals surface area contributed by atoms with Crippen molar-refractivity contribution >= 4 is 17.3 Å². The minimum Gasteiger partial charge on any atom is -0.377 e. The van der Waals surface area contributed by atoms with E-state index in [1.165, 1.54) is 12.1 Å². The van der Waals surface area contributed by atoms with E-state index in [-0.39, 0.29) is 12.2 Å². The first-order valence-corrected chi connectivity index (χ1v) is 6.32. The van der Waals surface area contributed by atoms with Crippen LogP contribution in [0.1, 0.15) is 18.3 Å². The fourth-order valence-corrected chi connectivity index (χ4v) is 2.06. The lowest BCUT2D eigenvalue weighted by atomic mass is 10.2. The average Bonchev–Trinajstić information content (AvgIpc) is 2.67. The van der Waals surface area contributed by atoms with E-state index in [1.807, 2.05) is 6.92 Å². The minimum atomic E-state index is -0.891. The fraction of sp³-hybridized carbons (Fsp3) is 0.308. The molecule has 6 heteroatoms. The van der Waals surface area contributed by atoms with Crippen LogP contribution >= 0.6 is 11.6 Å². The van der Waals surface area contributed by atoms with Crippen LogP contribution in [0, 0.1) is 18.6 Å². The van der Waals surface area contributed by atoms with E-state index in [1.54, 1.807) is 11.6 Å². The third-order valence-electron chi connectivity index (χ3n) is 2.85. The van der Waals surface area contributed by atoms with Gasteiger partial charge in [-0.2, -0.15) is 5.10 Å². The van der Waals surface area contributed by atoms with Gasteiger partial charge in [-0.15, -0.1) is 0 Å². The number of nitrogens with zero attached hydrogens (tertiary/aromatic N) is 2. The Morgan fingerprint density at radius 3 is 2.79 bits per heavy atom. The smallest absolute Gasteiger partial charge is 0.181 e. The maximum atomic E-state index is 13.5. The molecule has 0 saturated heterocycles. The molecule has 0 amide bonds. The molecular weight excluding hydrogens is 272 g/mol. The second-order valence-electron chi connectivity index (χ2n) is 4.12. The Balaban J connectivity index is 2.21. The van der Waals surface area contributed by atoms with Gasteiger partial charge in [-0.1, -0.05) is 17.7 Å². The van der Waals surface area contributed by atoms with Crippen molar-refractivity contribution in [1.82, 2.24) is 9.78 Å². The maximum absolute atomic E-state index is 13.5. The van der Waals surface area contributed by atoms with Gasteiger partial charge in [-0.25, -0.2) is 8.78 Å². The number of benzene rings is 1. The highest BCUT2D eigenvalue weighted by Crippen LogP contribution is 2.23. The van der Waals surface area contributed by atoms with Crippen molar-refractivity contribution in [1.29, 1.82) is 0 Å².